The van der Waals surface area contributed by atoms with Crippen LogP contribution in [0.3, 0.4) is 0 Å². The van der Waals surface area contributed by atoms with E-state index < -0.39 is 11.9 Å². The van der Waals surface area contributed by atoms with Crippen LogP contribution >= 0.6 is 0 Å². The normalized spacial score (nSPS) is 10.5. The molecule has 0 fully saturated rings. The lowest BCUT2D eigenvalue weighted by Crippen LogP contribution is -2.16. The molecule has 0 aliphatic rings. The second kappa shape index (κ2) is 11.9. The molecule has 0 aliphatic carbocycles. The fourth-order valence-electron chi connectivity index (χ4n) is 3.69. The summed E-state index contributed by atoms with van der Waals surface area (Å²) in [4.78, 5) is 37.0. The van der Waals surface area contributed by atoms with E-state index in [9.17, 15) is 14.4 Å². The average Bonchev–Trinajstić information content (AvgIpc) is 3.19. The summed E-state index contributed by atoms with van der Waals surface area (Å²) in [6.45, 7) is 6.28. The van der Waals surface area contributed by atoms with E-state index in [4.69, 9.17) is 14.2 Å². The van der Waals surface area contributed by atoms with Gasteiger partial charge in [-0.15, -0.1) is 0 Å². The summed E-state index contributed by atoms with van der Waals surface area (Å²) in [6.07, 6.45) is 0.181. The monoisotopic (exact) mass is 478 g/mol. The molecule has 0 unspecified atom stereocenters. The first-order valence-electron chi connectivity index (χ1n) is 11.5. The minimum Gasteiger partial charge on any atom is -0.497 e. The highest BCUT2D eigenvalue weighted by atomic mass is 16.5. The van der Waals surface area contributed by atoms with E-state index in [0.29, 0.717) is 30.0 Å². The Bertz CT molecular complexity index is 1180. The largest absolute Gasteiger partial charge is 0.497 e. The number of nitrogens with one attached hydrogen (secondary N) is 1. The average molecular weight is 479 g/mol. The lowest BCUT2D eigenvalue weighted by Gasteiger charge is -2.13. The van der Waals surface area contributed by atoms with Crippen molar-refractivity contribution in [2.45, 2.75) is 33.7 Å². The van der Waals surface area contributed by atoms with Gasteiger partial charge in [-0.1, -0.05) is 0 Å². The summed E-state index contributed by atoms with van der Waals surface area (Å²) in [6, 6.07) is 15.8. The topological polar surface area (TPSA) is 95.9 Å². The van der Waals surface area contributed by atoms with E-state index in [-0.39, 0.29) is 18.9 Å². The van der Waals surface area contributed by atoms with Gasteiger partial charge < -0.3 is 24.1 Å². The maximum absolute atomic E-state index is 12.7. The summed E-state index contributed by atoms with van der Waals surface area (Å²) in [5.41, 5.74) is 3.88. The molecule has 0 spiro atoms. The molecule has 2 aromatic carbocycles. The number of carbonyl (C=O) groups is 3. The number of anilines is 1. The van der Waals surface area contributed by atoms with Gasteiger partial charge in [0.1, 0.15) is 5.75 Å². The van der Waals surface area contributed by atoms with Crippen molar-refractivity contribution in [3.63, 3.8) is 0 Å². The maximum atomic E-state index is 12.7. The van der Waals surface area contributed by atoms with Gasteiger partial charge in [-0.05, 0) is 80.9 Å². The molecule has 0 saturated heterocycles. The second-order valence-electron chi connectivity index (χ2n) is 7.73. The van der Waals surface area contributed by atoms with Crippen LogP contribution in [-0.4, -0.2) is 42.7 Å². The van der Waals surface area contributed by atoms with Gasteiger partial charge in [0.25, 0.3) is 0 Å². The quantitative estimate of drug-likeness (QED) is 0.418. The number of hydrogen-bond donors (Lipinski definition) is 1. The fraction of sp³-hybridized carbons (Fsp3) is 0.296. The molecule has 8 heteroatoms. The van der Waals surface area contributed by atoms with E-state index in [0.717, 1.165) is 22.7 Å². The van der Waals surface area contributed by atoms with E-state index in [1.54, 1.807) is 51.3 Å². The van der Waals surface area contributed by atoms with Gasteiger partial charge in [-0.25, -0.2) is 9.59 Å². The Labute approximate surface area is 204 Å². The first-order valence-corrected chi connectivity index (χ1v) is 11.5. The third kappa shape index (κ3) is 6.29. The van der Waals surface area contributed by atoms with Gasteiger partial charge >= 0.3 is 11.9 Å². The molecule has 1 amide bonds. The number of amides is 1. The summed E-state index contributed by atoms with van der Waals surface area (Å²) in [5.74, 6) is -0.274. The van der Waals surface area contributed by atoms with Gasteiger partial charge in [0.05, 0.1) is 31.5 Å². The number of benzene rings is 2. The van der Waals surface area contributed by atoms with Gasteiger partial charge in [0.2, 0.25) is 5.91 Å². The zero-order valence-corrected chi connectivity index (χ0v) is 20.4. The molecule has 3 rings (SSSR count). The number of hydrogen-bond acceptors (Lipinski definition) is 6. The summed E-state index contributed by atoms with van der Waals surface area (Å²) >= 11 is 0. The van der Waals surface area contributed by atoms with Crippen LogP contribution in [0.2, 0.25) is 0 Å². The summed E-state index contributed by atoms with van der Waals surface area (Å²) in [5, 5.41) is 2.84. The number of aromatic nitrogens is 1. The highest BCUT2D eigenvalue weighted by molar-refractivity contribution is 5.94. The Morgan fingerprint density at radius 2 is 1.51 bits per heavy atom. The third-order valence-corrected chi connectivity index (χ3v) is 5.49. The predicted octanol–water partition coefficient (Wildman–Crippen LogP) is 4.85. The van der Waals surface area contributed by atoms with Crippen molar-refractivity contribution in [2.75, 3.05) is 25.6 Å². The molecular weight excluding hydrogens is 448 g/mol. The fourth-order valence-corrected chi connectivity index (χ4v) is 3.69. The molecule has 3 aromatic rings. The molecule has 0 aliphatic heterocycles. The molecule has 1 aromatic heterocycles. The van der Waals surface area contributed by atoms with Crippen molar-refractivity contribution in [3.8, 4) is 17.0 Å². The number of carbonyl (C=O) groups excluding carboxylic acids is 3. The first kappa shape index (κ1) is 25.6. The third-order valence-electron chi connectivity index (χ3n) is 5.49. The minimum absolute atomic E-state index is 0.181. The van der Waals surface area contributed by atoms with E-state index >= 15 is 0 Å². The Morgan fingerprint density at radius 3 is 2.11 bits per heavy atom. The van der Waals surface area contributed by atoms with Crippen molar-refractivity contribution in [1.29, 1.82) is 0 Å². The van der Waals surface area contributed by atoms with E-state index in [2.05, 4.69) is 5.32 Å². The molecular formula is C27H30N2O6. The van der Waals surface area contributed by atoms with Gasteiger partial charge in [0, 0.05) is 30.0 Å². The summed E-state index contributed by atoms with van der Waals surface area (Å²) in [7, 11) is 1.60. The minimum atomic E-state index is -0.406. The van der Waals surface area contributed by atoms with Crippen LogP contribution in [0.5, 0.6) is 5.75 Å². The highest BCUT2D eigenvalue weighted by Crippen LogP contribution is 2.28. The van der Waals surface area contributed by atoms with Gasteiger partial charge in [0.15, 0.2) is 0 Å². The van der Waals surface area contributed by atoms with Crippen LogP contribution in [0.25, 0.3) is 11.3 Å². The van der Waals surface area contributed by atoms with Crippen molar-refractivity contribution in [1.82, 2.24) is 4.57 Å². The first-order chi connectivity index (χ1) is 16.9. The van der Waals surface area contributed by atoms with E-state index in [1.165, 1.54) is 0 Å². The highest BCUT2D eigenvalue weighted by Gasteiger charge is 2.20. The standard InChI is InChI=1S/C27H30N2O6/c1-5-34-26(31)20-7-11-21(12-8-20)28-25(30)15-16-29-18(3)23(27(32)35-6-2)17-24(29)19-9-13-22(33-4)14-10-19/h7-14,17H,5-6,15-16H2,1-4H3,(H,28,30). The zero-order chi connectivity index (χ0) is 25.4. The molecule has 0 saturated carbocycles. The van der Waals surface area contributed by atoms with Crippen LogP contribution in [0.1, 0.15) is 46.7 Å². The molecule has 8 nitrogen and oxygen atoms in total. The van der Waals surface area contributed by atoms with Crippen molar-refractivity contribution in [2.24, 2.45) is 0 Å². The lowest BCUT2D eigenvalue weighted by atomic mass is 10.1. The molecule has 0 bridgehead atoms. The Morgan fingerprint density at radius 1 is 0.886 bits per heavy atom. The second-order valence-corrected chi connectivity index (χ2v) is 7.73. The molecule has 35 heavy (non-hydrogen) atoms. The number of ether oxygens (including phenoxy) is 3. The van der Waals surface area contributed by atoms with Crippen LogP contribution < -0.4 is 10.1 Å². The molecule has 184 valence electrons. The van der Waals surface area contributed by atoms with Crippen LogP contribution in [0.15, 0.2) is 54.6 Å². The number of esters is 2. The number of rotatable bonds is 10. The Balaban J connectivity index is 1.77. The molecule has 1 heterocycles. The SMILES string of the molecule is CCOC(=O)c1ccc(NC(=O)CCn2c(-c3ccc(OC)cc3)cc(C(=O)OCC)c2C)cc1. The van der Waals surface area contributed by atoms with Crippen LogP contribution in [0.4, 0.5) is 5.69 Å². The van der Waals surface area contributed by atoms with Crippen molar-refractivity contribution < 1.29 is 28.6 Å². The van der Waals surface area contributed by atoms with E-state index in [1.807, 2.05) is 35.8 Å². The van der Waals surface area contributed by atoms with Crippen LogP contribution in [-0.2, 0) is 20.8 Å². The molecule has 0 atom stereocenters. The zero-order valence-electron chi connectivity index (χ0n) is 20.4. The van der Waals surface area contributed by atoms with Crippen molar-refractivity contribution in [3.05, 3.63) is 71.4 Å². The predicted molar refractivity (Wildman–Crippen MR) is 133 cm³/mol. The molecule has 0 radical (unpaired) electrons. The number of nitrogens with zero attached hydrogens (tertiary/aromatic N) is 1. The maximum Gasteiger partial charge on any atom is 0.339 e. The molecule has 1 N–H and O–H groups in total. The summed E-state index contributed by atoms with van der Waals surface area (Å²) < 4.78 is 17.4. The Hall–Kier alpha value is -4.07. The number of methoxy groups -OCH3 is 1. The van der Waals surface area contributed by atoms with Crippen LogP contribution in [0, 0.1) is 6.92 Å². The van der Waals surface area contributed by atoms with Gasteiger partial charge in [-0.3, -0.25) is 4.79 Å². The lowest BCUT2D eigenvalue weighted by molar-refractivity contribution is -0.116. The Kier molecular flexibility index (Phi) is 8.67. The smallest absolute Gasteiger partial charge is 0.339 e. The van der Waals surface area contributed by atoms with Crippen molar-refractivity contribution >= 4 is 23.5 Å². The van der Waals surface area contributed by atoms with Gasteiger partial charge in [-0.2, -0.15) is 0 Å².